The standard InChI is InChI=1S/C15H19NO4/c1-14(2)11(15(14,3)4)12(18)16-9-7-8(13(19)20)5-6-10(9)17/h5-7,11,17H,1-4H3,(H,16,18)(H,19,20). The van der Waals surface area contributed by atoms with Crippen LogP contribution in [0.5, 0.6) is 5.75 Å². The number of phenols is 1. The average Bonchev–Trinajstić information content (AvgIpc) is 2.72. The lowest BCUT2D eigenvalue weighted by molar-refractivity contribution is -0.118. The molecule has 1 aliphatic carbocycles. The molecule has 1 aromatic rings. The first-order chi connectivity index (χ1) is 9.09. The van der Waals surface area contributed by atoms with Gasteiger partial charge in [0.25, 0.3) is 0 Å². The van der Waals surface area contributed by atoms with Gasteiger partial charge in [-0.2, -0.15) is 0 Å². The number of benzene rings is 1. The van der Waals surface area contributed by atoms with E-state index >= 15 is 0 Å². The molecule has 5 nitrogen and oxygen atoms in total. The van der Waals surface area contributed by atoms with E-state index < -0.39 is 5.97 Å². The van der Waals surface area contributed by atoms with Gasteiger partial charge >= 0.3 is 5.97 Å². The Hall–Kier alpha value is -2.04. The zero-order chi connectivity index (χ0) is 15.3. The second-order valence-electron chi connectivity index (χ2n) is 6.40. The maximum atomic E-state index is 12.3. The highest BCUT2D eigenvalue weighted by Crippen LogP contribution is 2.68. The Labute approximate surface area is 117 Å². The maximum absolute atomic E-state index is 12.3. The molecule has 0 unspecified atom stereocenters. The van der Waals surface area contributed by atoms with Gasteiger partial charge < -0.3 is 15.5 Å². The normalized spacial score (nSPS) is 19.4. The number of rotatable bonds is 3. The molecule has 1 fully saturated rings. The fourth-order valence-corrected chi connectivity index (χ4v) is 2.83. The van der Waals surface area contributed by atoms with E-state index in [2.05, 4.69) is 5.32 Å². The summed E-state index contributed by atoms with van der Waals surface area (Å²) in [6.45, 7) is 8.07. The zero-order valence-corrected chi connectivity index (χ0v) is 12.0. The van der Waals surface area contributed by atoms with E-state index in [4.69, 9.17) is 5.11 Å². The molecule has 1 saturated carbocycles. The molecule has 3 N–H and O–H groups in total. The Morgan fingerprint density at radius 1 is 1.15 bits per heavy atom. The Morgan fingerprint density at radius 2 is 1.70 bits per heavy atom. The summed E-state index contributed by atoms with van der Waals surface area (Å²) < 4.78 is 0. The quantitative estimate of drug-likeness (QED) is 0.741. The van der Waals surface area contributed by atoms with Crippen molar-refractivity contribution in [3.8, 4) is 5.75 Å². The van der Waals surface area contributed by atoms with Crippen molar-refractivity contribution in [2.24, 2.45) is 16.7 Å². The number of amides is 1. The number of aromatic hydroxyl groups is 1. The molecule has 0 spiro atoms. The van der Waals surface area contributed by atoms with Gasteiger partial charge in [-0.1, -0.05) is 27.7 Å². The highest BCUT2D eigenvalue weighted by molar-refractivity contribution is 5.98. The fraction of sp³-hybridized carbons (Fsp3) is 0.467. The third-order valence-corrected chi connectivity index (χ3v) is 4.78. The van der Waals surface area contributed by atoms with Gasteiger partial charge in [0.1, 0.15) is 5.75 Å². The van der Waals surface area contributed by atoms with Crippen LogP contribution in [0.2, 0.25) is 0 Å². The molecule has 0 saturated heterocycles. The molecule has 0 heterocycles. The molecule has 0 aromatic heterocycles. The van der Waals surface area contributed by atoms with Crippen molar-refractivity contribution in [2.45, 2.75) is 27.7 Å². The molecule has 1 aromatic carbocycles. The Kier molecular flexibility index (Phi) is 3.04. The average molecular weight is 277 g/mol. The van der Waals surface area contributed by atoms with Crippen LogP contribution >= 0.6 is 0 Å². The number of aromatic carboxylic acids is 1. The number of carbonyl (C=O) groups is 2. The summed E-state index contributed by atoms with van der Waals surface area (Å²) in [6.07, 6.45) is 0. The van der Waals surface area contributed by atoms with Crippen molar-refractivity contribution in [2.75, 3.05) is 5.32 Å². The minimum Gasteiger partial charge on any atom is -0.506 e. The van der Waals surface area contributed by atoms with Crippen LogP contribution < -0.4 is 5.32 Å². The van der Waals surface area contributed by atoms with E-state index in [1.54, 1.807) is 0 Å². The van der Waals surface area contributed by atoms with Crippen LogP contribution in [0.4, 0.5) is 5.69 Å². The molecule has 0 bridgehead atoms. The molecule has 1 aliphatic rings. The largest absolute Gasteiger partial charge is 0.506 e. The summed E-state index contributed by atoms with van der Waals surface area (Å²) in [4.78, 5) is 23.2. The van der Waals surface area contributed by atoms with Crippen molar-refractivity contribution in [1.29, 1.82) is 0 Å². The minimum atomic E-state index is -1.10. The molecular weight excluding hydrogens is 258 g/mol. The third-order valence-electron chi connectivity index (χ3n) is 4.78. The van der Waals surface area contributed by atoms with Crippen molar-refractivity contribution in [3.63, 3.8) is 0 Å². The number of hydrogen-bond donors (Lipinski definition) is 3. The van der Waals surface area contributed by atoms with Crippen LogP contribution in [0.25, 0.3) is 0 Å². The summed E-state index contributed by atoms with van der Waals surface area (Å²) in [6, 6.07) is 3.82. The second-order valence-corrected chi connectivity index (χ2v) is 6.40. The molecule has 108 valence electrons. The van der Waals surface area contributed by atoms with Crippen molar-refractivity contribution >= 4 is 17.6 Å². The summed E-state index contributed by atoms with van der Waals surface area (Å²) in [5.41, 5.74) is -0.0744. The summed E-state index contributed by atoms with van der Waals surface area (Å²) in [5, 5.41) is 21.3. The monoisotopic (exact) mass is 277 g/mol. The van der Waals surface area contributed by atoms with Gasteiger partial charge in [-0.25, -0.2) is 4.79 Å². The Morgan fingerprint density at radius 3 is 2.15 bits per heavy atom. The van der Waals surface area contributed by atoms with E-state index in [1.165, 1.54) is 18.2 Å². The minimum absolute atomic E-state index is 0.0208. The number of anilines is 1. The smallest absolute Gasteiger partial charge is 0.335 e. The SMILES string of the molecule is CC1(C)C(C(=O)Nc2cc(C(=O)O)ccc2O)C1(C)C. The van der Waals surface area contributed by atoms with Crippen molar-refractivity contribution < 1.29 is 19.8 Å². The molecule has 5 heteroatoms. The number of carboxylic acids is 1. The van der Waals surface area contributed by atoms with Gasteiger partial charge in [-0.3, -0.25) is 4.79 Å². The lowest BCUT2D eigenvalue weighted by Crippen LogP contribution is -2.18. The maximum Gasteiger partial charge on any atom is 0.335 e. The van der Waals surface area contributed by atoms with Crippen LogP contribution in [0.3, 0.4) is 0 Å². The topological polar surface area (TPSA) is 86.6 Å². The van der Waals surface area contributed by atoms with Crippen LogP contribution in [0.1, 0.15) is 38.1 Å². The summed E-state index contributed by atoms with van der Waals surface area (Å²) >= 11 is 0. The highest BCUT2D eigenvalue weighted by Gasteiger charge is 2.68. The fourth-order valence-electron chi connectivity index (χ4n) is 2.83. The van der Waals surface area contributed by atoms with Crippen molar-refractivity contribution in [3.05, 3.63) is 23.8 Å². The molecule has 2 rings (SSSR count). The molecular formula is C15H19NO4. The van der Waals surface area contributed by atoms with Crippen molar-refractivity contribution in [1.82, 2.24) is 0 Å². The molecule has 0 radical (unpaired) electrons. The van der Waals surface area contributed by atoms with Gasteiger partial charge in [0.05, 0.1) is 11.3 Å². The van der Waals surface area contributed by atoms with Gasteiger partial charge in [-0.05, 0) is 29.0 Å². The van der Waals surface area contributed by atoms with E-state index in [1.807, 2.05) is 27.7 Å². The first kappa shape index (κ1) is 14.4. The van der Waals surface area contributed by atoms with Crippen LogP contribution in [0.15, 0.2) is 18.2 Å². The predicted molar refractivity (Wildman–Crippen MR) is 74.7 cm³/mol. The van der Waals surface area contributed by atoms with Crippen LogP contribution in [-0.2, 0) is 4.79 Å². The van der Waals surface area contributed by atoms with E-state index in [9.17, 15) is 14.7 Å². The molecule has 1 amide bonds. The van der Waals surface area contributed by atoms with E-state index in [-0.39, 0.29) is 39.7 Å². The lowest BCUT2D eigenvalue weighted by Gasteiger charge is -2.09. The van der Waals surface area contributed by atoms with Gasteiger partial charge in [0.2, 0.25) is 5.91 Å². The number of hydrogen-bond acceptors (Lipinski definition) is 3. The number of carbonyl (C=O) groups excluding carboxylic acids is 1. The number of phenolic OH excluding ortho intramolecular Hbond substituents is 1. The zero-order valence-electron chi connectivity index (χ0n) is 12.0. The predicted octanol–water partition coefficient (Wildman–Crippen LogP) is 2.71. The highest BCUT2D eigenvalue weighted by atomic mass is 16.4. The first-order valence-corrected chi connectivity index (χ1v) is 6.46. The first-order valence-electron chi connectivity index (χ1n) is 6.46. The summed E-state index contributed by atoms with van der Waals surface area (Å²) in [7, 11) is 0. The van der Waals surface area contributed by atoms with Gasteiger partial charge in [-0.15, -0.1) is 0 Å². The van der Waals surface area contributed by atoms with E-state index in [0.29, 0.717) is 0 Å². The Bertz CT molecular complexity index is 576. The summed E-state index contributed by atoms with van der Waals surface area (Å²) in [5.74, 6) is -1.60. The van der Waals surface area contributed by atoms with Gasteiger partial charge in [0, 0.05) is 5.92 Å². The van der Waals surface area contributed by atoms with Gasteiger partial charge in [0.15, 0.2) is 0 Å². The Balaban J connectivity index is 2.21. The third kappa shape index (κ3) is 2.03. The number of carboxylic acid groups (broad SMARTS) is 1. The lowest BCUT2D eigenvalue weighted by atomic mass is 10.0. The molecule has 20 heavy (non-hydrogen) atoms. The molecule has 0 atom stereocenters. The molecule has 0 aliphatic heterocycles. The van der Waals surface area contributed by atoms with Crippen LogP contribution in [0, 0.1) is 16.7 Å². The van der Waals surface area contributed by atoms with Crippen LogP contribution in [-0.4, -0.2) is 22.1 Å². The second kappa shape index (κ2) is 4.23. The van der Waals surface area contributed by atoms with E-state index in [0.717, 1.165) is 0 Å². The number of nitrogens with one attached hydrogen (secondary N) is 1.